The molecule has 4 nitrogen and oxygen atoms in total. The third kappa shape index (κ3) is 3.96. The third-order valence-corrected chi connectivity index (χ3v) is 2.33. The average molecular weight is 245 g/mol. The van der Waals surface area contributed by atoms with E-state index >= 15 is 0 Å². The molecule has 0 fully saturated rings. The first kappa shape index (κ1) is 13.2. The zero-order valence-corrected chi connectivity index (χ0v) is 10.3. The van der Waals surface area contributed by atoms with E-state index in [2.05, 4.69) is 4.98 Å². The number of aromatic nitrogens is 1. The molecule has 0 aliphatic rings. The first-order chi connectivity index (χ1) is 7.65. The fourth-order valence-electron chi connectivity index (χ4n) is 1.14. The Morgan fingerprint density at radius 2 is 2.19 bits per heavy atom. The molecule has 0 unspecified atom stereocenters. The molecule has 0 radical (unpaired) electrons. The van der Waals surface area contributed by atoms with Gasteiger partial charge in [-0.25, -0.2) is 4.98 Å². The minimum atomic E-state index is 0.197. The molecule has 0 amide bonds. The van der Waals surface area contributed by atoms with Gasteiger partial charge in [0.05, 0.1) is 12.7 Å². The molecule has 5 heteroatoms. The van der Waals surface area contributed by atoms with Crippen LogP contribution < -0.4 is 10.5 Å². The molecule has 0 atom stereocenters. The van der Waals surface area contributed by atoms with Crippen molar-refractivity contribution in [3.63, 3.8) is 0 Å². The summed E-state index contributed by atoms with van der Waals surface area (Å²) in [4.78, 5) is 4.04. The van der Waals surface area contributed by atoms with Crippen molar-refractivity contribution in [2.24, 2.45) is 5.73 Å². The first-order valence-electron chi connectivity index (χ1n) is 5.23. The minimum absolute atomic E-state index is 0.197. The van der Waals surface area contributed by atoms with Crippen LogP contribution in [0, 0.1) is 0 Å². The van der Waals surface area contributed by atoms with Gasteiger partial charge in [0.2, 0.25) is 5.88 Å². The SMILES string of the molecule is CC(C)OCCOc1nccc(CN)c1Cl. The molecule has 0 aliphatic heterocycles. The number of hydrogen-bond acceptors (Lipinski definition) is 4. The second-order valence-electron chi connectivity index (χ2n) is 3.56. The summed E-state index contributed by atoms with van der Waals surface area (Å²) in [5.74, 6) is 0.414. The van der Waals surface area contributed by atoms with E-state index in [0.29, 0.717) is 30.7 Å². The number of hydrogen-bond donors (Lipinski definition) is 1. The highest BCUT2D eigenvalue weighted by atomic mass is 35.5. The zero-order chi connectivity index (χ0) is 12.0. The maximum Gasteiger partial charge on any atom is 0.232 e. The summed E-state index contributed by atoms with van der Waals surface area (Å²) in [6, 6.07) is 1.78. The molecule has 0 bridgehead atoms. The van der Waals surface area contributed by atoms with Crippen molar-refractivity contribution >= 4 is 11.6 Å². The van der Waals surface area contributed by atoms with Crippen LogP contribution in [-0.4, -0.2) is 24.3 Å². The van der Waals surface area contributed by atoms with Crippen molar-refractivity contribution in [3.8, 4) is 5.88 Å². The topological polar surface area (TPSA) is 57.4 Å². The van der Waals surface area contributed by atoms with Gasteiger partial charge in [0, 0.05) is 12.7 Å². The van der Waals surface area contributed by atoms with Gasteiger partial charge in [0.15, 0.2) is 0 Å². The van der Waals surface area contributed by atoms with E-state index in [0.717, 1.165) is 5.56 Å². The van der Waals surface area contributed by atoms with Gasteiger partial charge in [-0.05, 0) is 25.5 Å². The molecule has 1 rings (SSSR count). The van der Waals surface area contributed by atoms with Crippen LogP contribution >= 0.6 is 11.6 Å². The maximum atomic E-state index is 6.04. The summed E-state index contributed by atoms with van der Waals surface area (Å²) in [5, 5.41) is 0.481. The predicted octanol–water partition coefficient (Wildman–Crippen LogP) is 2.00. The van der Waals surface area contributed by atoms with Gasteiger partial charge in [-0.1, -0.05) is 11.6 Å². The van der Waals surface area contributed by atoms with Crippen LogP contribution in [0.4, 0.5) is 0 Å². The highest BCUT2D eigenvalue weighted by Crippen LogP contribution is 2.24. The van der Waals surface area contributed by atoms with E-state index in [1.807, 2.05) is 13.8 Å². The van der Waals surface area contributed by atoms with Gasteiger partial charge in [-0.3, -0.25) is 0 Å². The molecule has 1 heterocycles. The van der Waals surface area contributed by atoms with Crippen LogP contribution in [0.3, 0.4) is 0 Å². The van der Waals surface area contributed by atoms with E-state index < -0.39 is 0 Å². The number of ether oxygens (including phenoxy) is 2. The number of nitrogens with two attached hydrogens (primary N) is 1. The molecule has 0 spiro atoms. The fraction of sp³-hybridized carbons (Fsp3) is 0.545. The Bertz CT molecular complexity index is 332. The lowest BCUT2D eigenvalue weighted by molar-refractivity contribution is 0.0542. The molecular formula is C11H17ClN2O2. The van der Waals surface area contributed by atoms with Crippen LogP contribution in [0.15, 0.2) is 12.3 Å². The number of nitrogens with zero attached hydrogens (tertiary/aromatic N) is 1. The fourth-order valence-corrected chi connectivity index (χ4v) is 1.39. The second kappa shape index (κ2) is 6.68. The Morgan fingerprint density at radius 1 is 1.44 bits per heavy atom. The monoisotopic (exact) mass is 244 g/mol. The summed E-state index contributed by atoms with van der Waals surface area (Å²) in [7, 11) is 0. The molecular weight excluding hydrogens is 228 g/mol. The molecule has 0 aliphatic carbocycles. The summed E-state index contributed by atoms with van der Waals surface area (Å²) >= 11 is 6.04. The van der Waals surface area contributed by atoms with Crippen molar-refractivity contribution < 1.29 is 9.47 Å². The molecule has 90 valence electrons. The number of pyridine rings is 1. The molecule has 0 aromatic carbocycles. The summed E-state index contributed by atoms with van der Waals surface area (Å²) in [6.07, 6.45) is 1.83. The zero-order valence-electron chi connectivity index (χ0n) is 9.57. The predicted molar refractivity (Wildman–Crippen MR) is 63.7 cm³/mol. The van der Waals surface area contributed by atoms with E-state index in [-0.39, 0.29) is 6.10 Å². The van der Waals surface area contributed by atoms with Crippen molar-refractivity contribution in [1.29, 1.82) is 0 Å². The van der Waals surface area contributed by atoms with Crippen LogP contribution in [0.1, 0.15) is 19.4 Å². The Balaban J connectivity index is 2.47. The lowest BCUT2D eigenvalue weighted by atomic mass is 10.3. The van der Waals surface area contributed by atoms with Gasteiger partial charge in [-0.2, -0.15) is 0 Å². The summed E-state index contributed by atoms with van der Waals surface area (Å²) in [5.41, 5.74) is 6.35. The van der Waals surface area contributed by atoms with E-state index in [1.165, 1.54) is 0 Å². The minimum Gasteiger partial charge on any atom is -0.474 e. The Kier molecular flexibility index (Phi) is 5.52. The highest BCUT2D eigenvalue weighted by molar-refractivity contribution is 6.32. The molecule has 0 saturated heterocycles. The van der Waals surface area contributed by atoms with Crippen molar-refractivity contribution in [3.05, 3.63) is 22.8 Å². The molecule has 1 aromatic heterocycles. The largest absolute Gasteiger partial charge is 0.474 e. The first-order valence-corrected chi connectivity index (χ1v) is 5.60. The second-order valence-corrected chi connectivity index (χ2v) is 3.94. The van der Waals surface area contributed by atoms with Gasteiger partial charge in [-0.15, -0.1) is 0 Å². The van der Waals surface area contributed by atoms with Crippen LogP contribution in [0.5, 0.6) is 5.88 Å². The number of halogens is 1. The van der Waals surface area contributed by atoms with Gasteiger partial charge < -0.3 is 15.2 Å². The maximum absolute atomic E-state index is 6.04. The van der Waals surface area contributed by atoms with Gasteiger partial charge >= 0.3 is 0 Å². The lowest BCUT2D eigenvalue weighted by Gasteiger charge is -2.10. The Morgan fingerprint density at radius 3 is 2.81 bits per heavy atom. The van der Waals surface area contributed by atoms with Crippen LogP contribution in [0.2, 0.25) is 5.02 Å². The van der Waals surface area contributed by atoms with E-state index in [9.17, 15) is 0 Å². The van der Waals surface area contributed by atoms with Crippen LogP contribution in [0.25, 0.3) is 0 Å². The van der Waals surface area contributed by atoms with Crippen molar-refractivity contribution in [2.45, 2.75) is 26.5 Å². The van der Waals surface area contributed by atoms with E-state index in [1.54, 1.807) is 12.3 Å². The van der Waals surface area contributed by atoms with Crippen LogP contribution in [-0.2, 0) is 11.3 Å². The third-order valence-electron chi connectivity index (χ3n) is 1.93. The van der Waals surface area contributed by atoms with E-state index in [4.69, 9.17) is 26.8 Å². The average Bonchev–Trinajstić information content (AvgIpc) is 2.26. The molecule has 0 saturated carbocycles. The highest BCUT2D eigenvalue weighted by Gasteiger charge is 2.07. The Hall–Kier alpha value is -0.840. The van der Waals surface area contributed by atoms with Crippen molar-refractivity contribution in [1.82, 2.24) is 4.98 Å². The molecule has 1 aromatic rings. The quantitative estimate of drug-likeness (QED) is 0.778. The molecule has 2 N–H and O–H groups in total. The van der Waals surface area contributed by atoms with Crippen molar-refractivity contribution in [2.75, 3.05) is 13.2 Å². The van der Waals surface area contributed by atoms with Gasteiger partial charge in [0.1, 0.15) is 11.6 Å². The number of rotatable bonds is 6. The molecule has 16 heavy (non-hydrogen) atoms. The Labute approximate surface area is 101 Å². The van der Waals surface area contributed by atoms with Gasteiger partial charge in [0.25, 0.3) is 0 Å². The standard InChI is InChI=1S/C11H17ClN2O2/c1-8(2)15-5-6-16-11-10(12)9(7-13)3-4-14-11/h3-4,8H,5-7,13H2,1-2H3. The summed E-state index contributed by atoms with van der Waals surface area (Å²) < 4.78 is 10.7. The summed E-state index contributed by atoms with van der Waals surface area (Å²) in [6.45, 7) is 5.27. The normalized spacial score (nSPS) is 10.8. The lowest BCUT2D eigenvalue weighted by Crippen LogP contribution is -2.12. The smallest absolute Gasteiger partial charge is 0.232 e.